The maximum atomic E-state index is 9.21. The van der Waals surface area contributed by atoms with E-state index in [1.54, 1.807) is 0 Å². The SMILES string of the molecule is CC(C)c1ccc(-c2nc3ccc(N)cn3c2CN(C)CCO)cc1. The Morgan fingerprint density at radius 2 is 1.88 bits per heavy atom. The molecule has 0 atom stereocenters. The number of hydrogen-bond acceptors (Lipinski definition) is 4. The molecule has 3 N–H and O–H groups in total. The molecule has 3 aromatic rings. The van der Waals surface area contributed by atoms with Crippen LogP contribution in [0, 0.1) is 0 Å². The number of aliphatic hydroxyl groups excluding tert-OH is 1. The number of anilines is 1. The van der Waals surface area contributed by atoms with Gasteiger partial charge in [0.15, 0.2) is 0 Å². The van der Waals surface area contributed by atoms with Crippen molar-refractivity contribution in [2.45, 2.75) is 26.3 Å². The molecule has 0 radical (unpaired) electrons. The van der Waals surface area contributed by atoms with Crippen LogP contribution in [0.3, 0.4) is 0 Å². The van der Waals surface area contributed by atoms with E-state index in [4.69, 9.17) is 10.7 Å². The molecule has 1 aromatic carbocycles. The number of nitrogens with zero attached hydrogens (tertiary/aromatic N) is 3. The molecule has 0 aliphatic carbocycles. The van der Waals surface area contributed by atoms with E-state index < -0.39 is 0 Å². The molecular formula is C20H26N4O. The minimum absolute atomic E-state index is 0.133. The molecule has 25 heavy (non-hydrogen) atoms. The van der Waals surface area contributed by atoms with Crippen molar-refractivity contribution in [1.29, 1.82) is 0 Å². The van der Waals surface area contributed by atoms with E-state index >= 15 is 0 Å². The quantitative estimate of drug-likeness (QED) is 0.725. The Morgan fingerprint density at radius 1 is 1.16 bits per heavy atom. The number of benzene rings is 1. The number of nitrogens with two attached hydrogens (primary N) is 1. The summed E-state index contributed by atoms with van der Waals surface area (Å²) in [5.74, 6) is 0.505. The summed E-state index contributed by atoms with van der Waals surface area (Å²) in [7, 11) is 1.99. The van der Waals surface area contributed by atoms with Crippen LogP contribution in [0.5, 0.6) is 0 Å². The Balaban J connectivity index is 2.09. The van der Waals surface area contributed by atoms with Gasteiger partial charge in [0.05, 0.1) is 18.0 Å². The second-order valence-corrected chi connectivity index (χ2v) is 6.84. The highest BCUT2D eigenvalue weighted by molar-refractivity contribution is 5.67. The van der Waals surface area contributed by atoms with Crippen LogP contribution in [0.4, 0.5) is 5.69 Å². The van der Waals surface area contributed by atoms with Crippen LogP contribution in [0.15, 0.2) is 42.6 Å². The Kier molecular flexibility index (Phi) is 5.06. The minimum Gasteiger partial charge on any atom is -0.398 e. The average molecular weight is 338 g/mol. The van der Waals surface area contributed by atoms with Gasteiger partial charge >= 0.3 is 0 Å². The van der Waals surface area contributed by atoms with Gasteiger partial charge in [0.1, 0.15) is 5.65 Å². The number of imidazole rings is 1. The Bertz CT molecular complexity index is 852. The topological polar surface area (TPSA) is 66.8 Å². The predicted octanol–water partition coefficient (Wildman–Crippen LogP) is 3.13. The van der Waals surface area contributed by atoms with E-state index in [0.717, 1.165) is 22.6 Å². The molecule has 0 aliphatic heterocycles. The molecule has 0 aliphatic rings. The largest absolute Gasteiger partial charge is 0.398 e. The fourth-order valence-electron chi connectivity index (χ4n) is 3.02. The summed E-state index contributed by atoms with van der Waals surface area (Å²) in [4.78, 5) is 6.91. The highest BCUT2D eigenvalue weighted by Gasteiger charge is 2.16. The fourth-order valence-corrected chi connectivity index (χ4v) is 3.02. The van der Waals surface area contributed by atoms with Gasteiger partial charge in [0.25, 0.3) is 0 Å². The monoisotopic (exact) mass is 338 g/mol. The van der Waals surface area contributed by atoms with Gasteiger partial charge < -0.3 is 15.2 Å². The third kappa shape index (κ3) is 3.67. The van der Waals surface area contributed by atoms with Crippen LogP contribution in [0.25, 0.3) is 16.9 Å². The molecule has 5 nitrogen and oxygen atoms in total. The second-order valence-electron chi connectivity index (χ2n) is 6.84. The van der Waals surface area contributed by atoms with E-state index in [9.17, 15) is 5.11 Å². The molecule has 3 rings (SSSR count). The van der Waals surface area contributed by atoms with E-state index in [1.165, 1.54) is 5.56 Å². The predicted molar refractivity (Wildman–Crippen MR) is 103 cm³/mol. The van der Waals surface area contributed by atoms with Crippen molar-refractivity contribution in [3.05, 3.63) is 53.9 Å². The lowest BCUT2D eigenvalue weighted by Gasteiger charge is -2.16. The lowest BCUT2D eigenvalue weighted by molar-refractivity contribution is 0.216. The molecule has 132 valence electrons. The molecule has 2 aromatic heterocycles. The first kappa shape index (κ1) is 17.5. The standard InChI is InChI=1S/C20H26N4O/c1-14(2)15-4-6-16(7-5-15)20-18(13-23(3)10-11-25)24-12-17(21)8-9-19(24)22-20/h4-9,12,14,25H,10-11,13,21H2,1-3H3. The van der Waals surface area contributed by atoms with E-state index in [2.05, 4.69) is 47.4 Å². The molecule has 0 spiro atoms. The zero-order valence-electron chi connectivity index (χ0n) is 15.1. The minimum atomic E-state index is 0.133. The molecule has 0 saturated heterocycles. The summed E-state index contributed by atoms with van der Waals surface area (Å²) in [6.45, 7) is 5.82. The van der Waals surface area contributed by atoms with Crippen LogP contribution in [0.1, 0.15) is 31.0 Å². The summed E-state index contributed by atoms with van der Waals surface area (Å²) in [5, 5.41) is 9.21. The lowest BCUT2D eigenvalue weighted by atomic mass is 10.0. The molecular weight excluding hydrogens is 312 g/mol. The normalized spacial score (nSPS) is 11.8. The van der Waals surface area contributed by atoms with Crippen molar-refractivity contribution in [3.8, 4) is 11.3 Å². The maximum absolute atomic E-state index is 9.21. The van der Waals surface area contributed by atoms with Gasteiger partial charge in [-0.05, 0) is 30.7 Å². The fraction of sp³-hybridized carbons (Fsp3) is 0.350. The molecule has 0 amide bonds. The number of pyridine rings is 1. The van der Waals surface area contributed by atoms with E-state index in [1.807, 2.05) is 25.4 Å². The maximum Gasteiger partial charge on any atom is 0.137 e. The Labute approximate surface area is 148 Å². The van der Waals surface area contributed by atoms with Crippen molar-refractivity contribution in [2.75, 3.05) is 25.9 Å². The molecule has 0 unspecified atom stereocenters. The zero-order valence-corrected chi connectivity index (χ0v) is 15.1. The van der Waals surface area contributed by atoms with Gasteiger partial charge in [-0.1, -0.05) is 38.1 Å². The second kappa shape index (κ2) is 7.25. The number of hydrogen-bond donors (Lipinski definition) is 2. The molecule has 0 fully saturated rings. The van der Waals surface area contributed by atoms with Gasteiger partial charge in [-0.15, -0.1) is 0 Å². The average Bonchev–Trinajstić information content (AvgIpc) is 2.93. The summed E-state index contributed by atoms with van der Waals surface area (Å²) in [6.07, 6.45) is 1.91. The van der Waals surface area contributed by atoms with E-state index in [0.29, 0.717) is 24.7 Å². The summed E-state index contributed by atoms with van der Waals surface area (Å²) in [5.41, 5.74) is 12.0. The van der Waals surface area contributed by atoms with Crippen LogP contribution in [-0.4, -0.2) is 39.6 Å². The number of nitrogen functional groups attached to an aromatic ring is 1. The molecule has 0 bridgehead atoms. The van der Waals surface area contributed by atoms with Gasteiger partial charge in [-0.2, -0.15) is 0 Å². The van der Waals surface area contributed by atoms with Gasteiger partial charge in [0.2, 0.25) is 0 Å². The van der Waals surface area contributed by atoms with Crippen LogP contribution in [-0.2, 0) is 6.54 Å². The lowest BCUT2D eigenvalue weighted by Crippen LogP contribution is -2.22. The van der Waals surface area contributed by atoms with Crippen LogP contribution < -0.4 is 5.73 Å². The molecule has 5 heteroatoms. The highest BCUT2D eigenvalue weighted by atomic mass is 16.3. The summed E-state index contributed by atoms with van der Waals surface area (Å²) in [6, 6.07) is 12.4. The Hall–Kier alpha value is -2.37. The zero-order chi connectivity index (χ0) is 18.0. The number of aliphatic hydroxyl groups is 1. The molecule has 2 heterocycles. The smallest absolute Gasteiger partial charge is 0.137 e. The van der Waals surface area contributed by atoms with Crippen molar-refractivity contribution in [3.63, 3.8) is 0 Å². The summed E-state index contributed by atoms with van der Waals surface area (Å²) >= 11 is 0. The van der Waals surface area contributed by atoms with Crippen molar-refractivity contribution >= 4 is 11.3 Å². The number of likely N-dealkylation sites (N-methyl/N-ethyl adjacent to an activating group) is 1. The van der Waals surface area contributed by atoms with Crippen molar-refractivity contribution in [1.82, 2.24) is 14.3 Å². The number of aromatic nitrogens is 2. The van der Waals surface area contributed by atoms with Crippen molar-refractivity contribution in [2.24, 2.45) is 0 Å². The highest BCUT2D eigenvalue weighted by Crippen LogP contribution is 2.27. The molecule has 0 saturated carbocycles. The van der Waals surface area contributed by atoms with Crippen molar-refractivity contribution < 1.29 is 5.11 Å². The Morgan fingerprint density at radius 3 is 2.52 bits per heavy atom. The van der Waals surface area contributed by atoms with Crippen LogP contribution in [0.2, 0.25) is 0 Å². The van der Waals surface area contributed by atoms with Crippen LogP contribution >= 0.6 is 0 Å². The van der Waals surface area contributed by atoms with Gasteiger partial charge in [0, 0.05) is 30.5 Å². The summed E-state index contributed by atoms with van der Waals surface area (Å²) < 4.78 is 2.05. The van der Waals surface area contributed by atoms with E-state index in [-0.39, 0.29) is 6.61 Å². The van der Waals surface area contributed by atoms with Gasteiger partial charge in [-0.3, -0.25) is 4.90 Å². The number of fused-ring (bicyclic) bond motifs is 1. The first-order valence-corrected chi connectivity index (χ1v) is 8.65. The number of rotatable bonds is 6. The van der Waals surface area contributed by atoms with Gasteiger partial charge in [-0.25, -0.2) is 4.98 Å². The first-order valence-electron chi connectivity index (χ1n) is 8.65. The first-order chi connectivity index (χ1) is 12.0. The third-order valence-electron chi connectivity index (χ3n) is 4.49. The third-order valence-corrected chi connectivity index (χ3v) is 4.49.